The van der Waals surface area contributed by atoms with Crippen molar-refractivity contribution in [1.82, 2.24) is 4.90 Å². The van der Waals surface area contributed by atoms with Crippen LogP contribution in [-0.2, 0) is 16.7 Å². The van der Waals surface area contributed by atoms with Gasteiger partial charge in [-0.2, -0.15) is 8.42 Å². The number of nitrogens with zero attached hydrogens (tertiary/aromatic N) is 1. The fourth-order valence-corrected chi connectivity index (χ4v) is 4.61. The Morgan fingerprint density at radius 2 is 1.53 bits per heavy atom. The fraction of sp³-hybridized carbons (Fsp3) is 0.148. The summed E-state index contributed by atoms with van der Waals surface area (Å²) in [6.45, 7) is 4.26. The molecule has 0 atom stereocenters. The van der Waals surface area contributed by atoms with Gasteiger partial charge < -0.3 is 9.08 Å². The summed E-state index contributed by atoms with van der Waals surface area (Å²) in [5.41, 5.74) is 1.46. The first kappa shape index (κ1) is 23.4. The molecule has 174 valence electrons. The third-order valence-electron chi connectivity index (χ3n) is 5.49. The van der Waals surface area contributed by atoms with E-state index in [0.29, 0.717) is 12.1 Å². The van der Waals surface area contributed by atoms with E-state index in [1.54, 1.807) is 17.0 Å². The van der Waals surface area contributed by atoms with Gasteiger partial charge in [0, 0.05) is 18.2 Å². The first-order valence-corrected chi connectivity index (χ1v) is 12.2. The molecule has 0 bridgehead atoms. The van der Waals surface area contributed by atoms with E-state index in [9.17, 15) is 17.6 Å². The van der Waals surface area contributed by atoms with Gasteiger partial charge >= 0.3 is 10.1 Å². The van der Waals surface area contributed by atoms with Crippen molar-refractivity contribution in [2.75, 3.05) is 0 Å². The molecule has 0 N–H and O–H groups in total. The molecule has 0 fully saturated rings. The molecular formula is C27H24FNO4S. The summed E-state index contributed by atoms with van der Waals surface area (Å²) in [4.78, 5) is 15.1. The lowest BCUT2D eigenvalue weighted by atomic mass is 10.0. The van der Waals surface area contributed by atoms with E-state index >= 15 is 0 Å². The maximum atomic E-state index is 13.4. The first-order chi connectivity index (χ1) is 16.2. The second-order valence-corrected chi connectivity index (χ2v) is 9.74. The van der Waals surface area contributed by atoms with Gasteiger partial charge in [-0.15, -0.1) is 0 Å². The van der Waals surface area contributed by atoms with E-state index in [1.165, 1.54) is 12.1 Å². The summed E-state index contributed by atoms with van der Waals surface area (Å²) < 4.78 is 43.1. The summed E-state index contributed by atoms with van der Waals surface area (Å²) in [5, 5.41) is 1.90. The van der Waals surface area contributed by atoms with Crippen molar-refractivity contribution in [3.8, 4) is 5.75 Å². The van der Waals surface area contributed by atoms with Crippen LogP contribution >= 0.6 is 0 Å². The van der Waals surface area contributed by atoms with Gasteiger partial charge in [0.25, 0.3) is 5.91 Å². The van der Waals surface area contributed by atoms with Crippen LogP contribution in [0, 0.1) is 5.82 Å². The summed E-state index contributed by atoms with van der Waals surface area (Å²) in [7, 11) is -4.08. The molecule has 0 heterocycles. The molecule has 1 amide bonds. The summed E-state index contributed by atoms with van der Waals surface area (Å²) >= 11 is 0. The number of carbonyl (C=O) groups is 1. The molecule has 4 aromatic carbocycles. The van der Waals surface area contributed by atoms with Crippen LogP contribution < -0.4 is 4.18 Å². The molecule has 0 aromatic heterocycles. The Morgan fingerprint density at radius 1 is 0.882 bits per heavy atom. The van der Waals surface area contributed by atoms with Crippen LogP contribution in [0.15, 0.2) is 95.9 Å². The van der Waals surface area contributed by atoms with E-state index in [0.717, 1.165) is 40.6 Å². The van der Waals surface area contributed by atoms with E-state index in [4.69, 9.17) is 4.18 Å². The molecule has 4 aromatic rings. The predicted octanol–water partition coefficient (Wildman–Crippen LogP) is 5.80. The van der Waals surface area contributed by atoms with Gasteiger partial charge in [-0.3, -0.25) is 4.79 Å². The lowest BCUT2D eigenvalue weighted by Gasteiger charge is -2.27. The molecule has 0 unspecified atom stereocenters. The zero-order valence-corrected chi connectivity index (χ0v) is 19.6. The Labute approximate surface area is 198 Å². The van der Waals surface area contributed by atoms with Crippen LogP contribution in [0.3, 0.4) is 0 Å². The summed E-state index contributed by atoms with van der Waals surface area (Å²) in [6.07, 6.45) is 0. The quantitative estimate of drug-likeness (QED) is 0.316. The second kappa shape index (κ2) is 9.65. The van der Waals surface area contributed by atoms with Gasteiger partial charge in [0.15, 0.2) is 0 Å². The Hall–Kier alpha value is -3.71. The van der Waals surface area contributed by atoms with E-state index in [2.05, 4.69) is 0 Å². The molecule has 0 radical (unpaired) electrons. The van der Waals surface area contributed by atoms with Crippen molar-refractivity contribution in [1.29, 1.82) is 0 Å². The highest BCUT2D eigenvalue weighted by Crippen LogP contribution is 2.24. The van der Waals surface area contributed by atoms with Crippen molar-refractivity contribution in [2.45, 2.75) is 31.3 Å². The van der Waals surface area contributed by atoms with Crippen LogP contribution in [0.25, 0.3) is 10.8 Å². The van der Waals surface area contributed by atoms with Crippen molar-refractivity contribution in [3.63, 3.8) is 0 Å². The number of rotatable bonds is 7. The average molecular weight is 478 g/mol. The van der Waals surface area contributed by atoms with Crippen molar-refractivity contribution >= 4 is 26.8 Å². The zero-order chi connectivity index (χ0) is 24.3. The highest BCUT2D eigenvalue weighted by Gasteiger charge is 2.21. The van der Waals surface area contributed by atoms with Gasteiger partial charge in [0.1, 0.15) is 16.5 Å². The Kier molecular flexibility index (Phi) is 6.65. The van der Waals surface area contributed by atoms with Gasteiger partial charge in [-0.05, 0) is 72.6 Å². The third kappa shape index (κ3) is 5.10. The van der Waals surface area contributed by atoms with Crippen molar-refractivity contribution < 1.29 is 21.8 Å². The second-order valence-electron chi connectivity index (χ2n) is 8.19. The van der Waals surface area contributed by atoms with Crippen LogP contribution in [-0.4, -0.2) is 25.3 Å². The molecule has 0 aliphatic carbocycles. The molecule has 5 nitrogen and oxygen atoms in total. The van der Waals surface area contributed by atoms with E-state index in [-0.39, 0.29) is 22.6 Å². The molecular weight excluding hydrogens is 453 g/mol. The van der Waals surface area contributed by atoms with Crippen LogP contribution in [0.1, 0.15) is 29.8 Å². The largest absolute Gasteiger partial charge is 0.379 e. The lowest BCUT2D eigenvalue weighted by Crippen LogP contribution is -2.36. The van der Waals surface area contributed by atoms with E-state index in [1.807, 2.05) is 56.3 Å². The van der Waals surface area contributed by atoms with Gasteiger partial charge in [0.2, 0.25) is 0 Å². The number of carbonyl (C=O) groups excluding carboxylic acids is 1. The SMILES string of the molecule is CC(C)N(Cc1ccc(OS(=O)(=O)c2ccc(F)cc2)cc1)C(=O)c1cccc2ccccc12. The van der Waals surface area contributed by atoms with E-state index < -0.39 is 15.9 Å². The van der Waals surface area contributed by atoms with Crippen LogP contribution in [0.5, 0.6) is 5.75 Å². The smallest absolute Gasteiger partial charge is 0.339 e. The fourth-order valence-electron chi connectivity index (χ4n) is 3.68. The van der Waals surface area contributed by atoms with Crippen molar-refractivity contribution in [2.24, 2.45) is 0 Å². The Morgan fingerprint density at radius 3 is 2.21 bits per heavy atom. The Bertz CT molecular complexity index is 1410. The molecule has 0 spiro atoms. The molecule has 4 rings (SSSR count). The Balaban J connectivity index is 1.52. The highest BCUT2D eigenvalue weighted by atomic mass is 32.2. The van der Waals surface area contributed by atoms with Gasteiger partial charge in [-0.25, -0.2) is 4.39 Å². The number of benzene rings is 4. The normalized spacial score (nSPS) is 11.5. The summed E-state index contributed by atoms with van der Waals surface area (Å²) in [6, 6.07) is 24.4. The maximum Gasteiger partial charge on any atom is 0.339 e. The maximum absolute atomic E-state index is 13.4. The predicted molar refractivity (Wildman–Crippen MR) is 130 cm³/mol. The number of amides is 1. The number of fused-ring (bicyclic) bond motifs is 1. The third-order valence-corrected chi connectivity index (χ3v) is 6.75. The zero-order valence-electron chi connectivity index (χ0n) is 18.8. The topological polar surface area (TPSA) is 63.7 Å². The molecule has 0 saturated heterocycles. The minimum Gasteiger partial charge on any atom is -0.379 e. The molecule has 7 heteroatoms. The minimum absolute atomic E-state index is 0.0544. The van der Waals surface area contributed by atoms with Gasteiger partial charge in [-0.1, -0.05) is 48.5 Å². The highest BCUT2D eigenvalue weighted by molar-refractivity contribution is 7.87. The summed E-state index contributed by atoms with van der Waals surface area (Å²) in [5.74, 6) is -0.480. The first-order valence-electron chi connectivity index (χ1n) is 10.8. The monoisotopic (exact) mass is 477 g/mol. The molecule has 0 aliphatic rings. The molecule has 34 heavy (non-hydrogen) atoms. The number of halogens is 1. The van der Waals surface area contributed by atoms with Gasteiger partial charge in [0.05, 0.1) is 0 Å². The lowest BCUT2D eigenvalue weighted by molar-refractivity contribution is 0.0692. The average Bonchev–Trinajstić information content (AvgIpc) is 2.82. The molecule has 0 saturated carbocycles. The minimum atomic E-state index is -4.08. The standard InChI is InChI=1S/C27H24FNO4S/c1-19(2)29(27(30)26-9-5-7-21-6-3-4-8-25(21)26)18-20-10-14-23(15-11-20)33-34(31,32)24-16-12-22(28)13-17-24/h3-17,19H,18H2,1-2H3. The molecule has 0 aliphatic heterocycles. The van der Waals surface area contributed by atoms with Crippen LogP contribution in [0.2, 0.25) is 0 Å². The number of hydrogen-bond donors (Lipinski definition) is 0. The van der Waals surface area contributed by atoms with Crippen molar-refractivity contribution in [3.05, 3.63) is 108 Å². The van der Waals surface area contributed by atoms with Crippen LogP contribution in [0.4, 0.5) is 4.39 Å². The number of hydrogen-bond acceptors (Lipinski definition) is 4.